The summed E-state index contributed by atoms with van der Waals surface area (Å²) in [4.78, 5) is 4.40. The smallest absolute Gasteiger partial charge is 0.145 e. The standard InChI is InChI=1S/C18H13BrFNO/c1-12-10-15(6-8-17(12)19)21-11-16-7-9-18(22-16)13-2-4-14(20)5-3-13/h2-11H,1H3. The van der Waals surface area contributed by atoms with E-state index in [0.29, 0.717) is 11.5 Å². The number of aliphatic imine (C=N–C) groups is 1. The van der Waals surface area contributed by atoms with Gasteiger partial charge in [-0.05, 0) is 67.1 Å². The normalized spacial score (nSPS) is 11.2. The van der Waals surface area contributed by atoms with Gasteiger partial charge in [-0.25, -0.2) is 4.39 Å². The molecule has 3 rings (SSSR count). The van der Waals surface area contributed by atoms with Crippen molar-refractivity contribution in [3.8, 4) is 11.3 Å². The Kier molecular flexibility index (Phi) is 4.20. The number of rotatable bonds is 3. The van der Waals surface area contributed by atoms with Crippen molar-refractivity contribution in [1.82, 2.24) is 0 Å². The second-order valence-corrected chi connectivity index (χ2v) is 5.75. The van der Waals surface area contributed by atoms with Crippen LogP contribution in [0.4, 0.5) is 10.1 Å². The lowest BCUT2D eigenvalue weighted by molar-refractivity contribution is 0.574. The van der Waals surface area contributed by atoms with Crippen molar-refractivity contribution in [3.05, 3.63) is 76.2 Å². The molecule has 0 atom stereocenters. The highest BCUT2D eigenvalue weighted by molar-refractivity contribution is 9.10. The molecule has 0 amide bonds. The first-order valence-corrected chi connectivity index (χ1v) is 7.57. The zero-order valence-electron chi connectivity index (χ0n) is 11.9. The number of hydrogen-bond acceptors (Lipinski definition) is 2. The van der Waals surface area contributed by atoms with E-state index in [4.69, 9.17) is 4.42 Å². The van der Waals surface area contributed by atoms with Crippen molar-refractivity contribution in [2.75, 3.05) is 0 Å². The quantitative estimate of drug-likeness (QED) is 0.535. The number of aryl methyl sites for hydroxylation is 1. The molecule has 2 nitrogen and oxygen atoms in total. The Balaban J connectivity index is 1.80. The minimum atomic E-state index is -0.261. The van der Waals surface area contributed by atoms with Gasteiger partial charge in [0.25, 0.3) is 0 Å². The van der Waals surface area contributed by atoms with Gasteiger partial charge in [-0.15, -0.1) is 0 Å². The molecule has 2 aromatic carbocycles. The van der Waals surface area contributed by atoms with Crippen LogP contribution in [0.2, 0.25) is 0 Å². The second-order valence-electron chi connectivity index (χ2n) is 4.90. The summed E-state index contributed by atoms with van der Waals surface area (Å²) < 4.78 is 19.7. The largest absolute Gasteiger partial charge is 0.455 e. The van der Waals surface area contributed by atoms with Gasteiger partial charge < -0.3 is 4.42 Å². The van der Waals surface area contributed by atoms with Crippen molar-refractivity contribution in [2.45, 2.75) is 6.92 Å². The van der Waals surface area contributed by atoms with Crippen LogP contribution in [0.5, 0.6) is 0 Å². The maximum Gasteiger partial charge on any atom is 0.145 e. The van der Waals surface area contributed by atoms with Gasteiger partial charge in [0.2, 0.25) is 0 Å². The third-order valence-corrected chi connectivity index (χ3v) is 4.13. The molecule has 0 N–H and O–H groups in total. The van der Waals surface area contributed by atoms with Gasteiger partial charge in [-0.3, -0.25) is 4.99 Å². The van der Waals surface area contributed by atoms with E-state index in [1.165, 1.54) is 12.1 Å². The highest BCUT2D eigenvalue weighted by atomic mass is 79.9. The number of nitrogens with zero attached hydrogens (tertiary/aromatic N) is 1. The molecule has 110 valence electrons. The molecule has 3 aromatic rings. The topological polar surface area (TPSA) is 25.5 Å². The summed E-state index contributed by atoms with van der Waals surface area (Å²) in [7, 11) is 0. The van der Waals surface area contributed by atoms with E-state index in [1.54, 1.807) is 18.3 Å². The molecule has 0 aliphatic heterocycles. The zero-order valence-corrected chi connectivity index (χ0v) is 13.5. The van der Waals surface area contributed by atoms with E-state index >= 15 is 0 Å². The third-order valence-electron chi connectivity index (χ3n) is 3.24. The van der Waals surface area contributed by atoms with E-state index in [-0.39, 0.29) is 5.82 Å². The first kappa shape index (κ1) is 14.7. The summed E-state index contributed by atoms with van der Waals surface area (Å²) in [6.45, 7) is 2.02. The van der Waals surface area contributed by atoms with Crippen LogP contribution in [-0.2, 0) is 0 Å². The number of halogens is 2. The molecule has 0 aliphatic rings. The van der Waals surface area contributed by atoms with E-state index in [2.05, 4.69) is 20.9 Å². The molecule has 0 bridgehead atoms. The van der Waals surface area contributed by atoms with Crippen LogP contribution in [0.15, 0.2) is 68.5 Å². The van der Waals surface area contributed by atoms with E-state index in [1.807, 2.05) is 37.3 Å². The fraction of sp³-hybridized carbons (Fsp3) is 0.0556. The monoisotopic (exact) mass is 357 g/mol. The van der Waals surface area contributed by atoms with E-state index in [9.17, 15) is 4.39 Å². The number of furan rings is 1. The Labute approximate surface area is 136 Å². The summed E-state index contributed by atoms with van der Waals surface area (Å²) in [5.41, 5.74) is 2.82. The lowest BCUT2D eigenvalue weighted by atomic mass is 10.2. The molecule has 0 spiro atoms. The summed E-state index contributed by atoms with van der Waals surface area (Å²) in [6, 6.07) is 15.8. The summed E-state index contributed by atoms with van der Waals surface area (Å²) >= 11 is 3.46. The van der Waals surface area contributed by atoms with Gasteiger partial charge >= 0.3 is 0 Å². The predicted octanol–water partition coefficient (Wildman–Crippen LogP) is 5.91. The molecule has 0 saturated heterocycles. The molecule has 0 unspecified atom stereocenters. The number of benzene rings is 2. The second kappa shape index (κ2) is 6.28. The molecule has 0 saturated carbocycles. The van der Waals surface area contributed by atoms with Gasteiger partial charge in [0, 0.05) is 10.0 Å². The maximum atomic E-state index is 12.9. The third kappa shape index (κ3) is 3.34. The van der Waals surface area contributed by atoms with Gasteiger partial charge in [-0.2, -0.15) is 0 Å². The minimum Gasteiger partial charge on any atom is -0.455 e. The van der Waals surface area contributed by atoms with Crippen molar-refractivity contribution in [1.29, 1.82) is 0 Å². The highest BCUT2D eigenvalue weighted by Crippen LogP contribution is 2.24. The fourth-order valence-electron chi connectivity index (χ4n) is 2.04. The van der Waals surface area contributed by atoms with Gasteiger partial charge in [0.1, 0.15) is 17.3 Å². The predicted molar refractivity (Wildman–Crippen MR) is 90.2 cm³/mol. The van der Waals surface area contributed by atoms with Crippen LogP contribution >= 0.6 is 15.9 Å². The van der Waals surface area contributed by atoms with Gasteiger partial charge in [0.15, 0.2) is 0 Å². The first-order chi connectivity index (χ1) is 10.6. The van der Waals surface area contributed by atoms with Crippen LogP contribution in [0.25, 0.3) is 11.3 Å². The molecule has 0 radical (unpaired) electrons. The van der Waals surface area contributed by atoms with Crippen LogP contribution in [0, 0.1) is 12.7 Å². The molecule has 22 heavy (non-hydrogen) atoms. The lowest BCUT2D eigenvalue weighted by Crippen LogP contribution is -1.78. The Hall–Kier alpha value is -2.20. The van der Waals surface area contributed by atoms with Gasteiger partial charge in [-0.1, -0.05) is 15.9 Å². The fourth-order valence-corrected chi connectivity index (χ4v) is 2.29. The van der Waals surface area contributed by atoms with Crippen molar-refractivity contribution >= 4 is 27.8 Å². The maximum absolute atomic E-state index is 12.9. The molecule has 4 heteroatoms. The summed E-state index contributed by atoms with van der Waals surface area (Å²) in [5, 5.41) is 0. The molecular formula is C18H13BrFNO. The van der Waals surface area contributed by atoms with Crippen LogP contribution in [-0.4, -0.2) is 6.21 Å². The Morgan fingerprint density at radius 2 is 1.82 bits per heavy atom. The molecule has 0 aliphatic carbocycles. The Morgan fingerprint density at radius 1 is 1.05 bits per heavy atom. The SMILES string of the molecule is Cc1cc(N=Cc2ccc(-c3ccc(F)cc3)o2)ccc1Br. The molecular weight excluding hydrogens is 345 g/mol. The zero-order chi connectivity index (χ0) is 15.5. The first-order valence-electron chi connectivity index (χ1n) is 6.78. The van der Waals surface area contributed by atoms with Crippen LogP contribution < -0.4 is 0 Å². The summed E-state index contributed by atoms with van der Waals surface area (Å²) in [6.07, 6.45) is 1.68. The van der Waals surface area contributed by atoms with Crippen molar-refractivity contribution in [3.63, 3.8) is 0 Å². The molecule has 0 fully saturated rings. The lowest BCUT2D eigenvalue weighted by Gasteiger charge is -1.98. The Bertz CT molecular complexity index is 821. The minimum absolute atomic E-state index is 0.261. The van der Waals surface area contributed by atoms with Gasteiger partial charge in [0.05, 0.1) is 11.9 Å². The Morgan fingerprint density at radius 3 is 2.55 bits per heavy atom. The highest BCUT2D eigenvalue weighted by Gasteiger charge is 2.03. The van der Waals surface area contributed by atoms with Crippen molar-refractivity contribution < 1.29 is 8.81 Å². The van der Waals surface area contributed by atoms with Crippen LogP contribution in [0.1, 0.15) is 11.3 Å². The van der Waals surface area contributed by atoms with Crippen molar-refractivity contribution in [2.24, 2.45) is 4.99 Å². The van der Waals surface area contributed by atoms with E-state index < -0.39 is 0 Å². The molecule has 1 aromatic heterocycles. The average molecular weight is 358 g/mol. The average Bonchev–Trinajstić information content (AvgIpc) is 2.98. The number of hydrogen-bond donors (Lipinski definition) is 0. The van der Waals surface area contributed by atoms with E-state index in [0.717, 1.165) is 21.3 Å². The van der Waals surface area contributed by atoms with Crippen LogP contribution in [0.3, 0.4) is 0 Å². The summed E-state index contributed by atoms with van der Waals surface area (Å²) in [5.74, 6) is 1.08. The molecule has 1 heterocycles.